The first-order chi connectivity index (χ1) is 7.91. The summed E-state index contributed by atoms with van der Waals surface area (Å²) in [5, 5.41) is 0. The van der Waals surface area contributed by atoms with Gasteiger partial charge < -0.3 is 15.2 Å². The highest BCUT2D eigenvalue weighted by molar-refractivity contribution is 5.41. The van der Waals surface area contributed by atoms with Crippen LogP contribution in [0.25, 0.3) is 0 Å². The van der Waals surface area contributed by atoms with Gasteiger partial charge in [-0.15, -0.1) is 0 Å². The summed E-state index contributed by atoms with van der Waals surface area (Å²) in [6.45, 7) is 6.46. The lowest BCUT2D eigenvalue weighted by atomic mass is 9.95. The molecule has 0 saturated carbocycles. The molecule has 0 spiro atoms. The summed E-state index contributed by atoms with van der Waals surface area (Å²) < 4.78 is 10.5. The number of pyridine rings is 1. The Morgan fingerprint density at radius 3 is 2.53 bits per heavy atom. The van der Waals surface area contributed by atoms with Crippen LogP contribution in [-0.4, -0.2) is 31.3 Å². The van der Waals surface area contributed by atoms with Crippen LogP contribution < -0.4 is 10.5 Å². The Kier molecular flexibility index (Phi) is 4.48. The van der Waals surface area contributed by atoms with Crippen molar-refractivity contribution in [3.05, 3.63) is 23.0 Å². The van der Waals surface area contributed by atoms with Crippen LogP contribution in [0.3, 0.4) is 0 Å². The monoisotopic (exact) mass is 238 g/mol. The molecule has 1 atom stereocenters. The molecule has 0 amide bonds. The van der Waals surface area contributed by atoms with Gasteiger partial charge in [0.15, 0.2) is 0 Å². The number of aromatic nitrogens is 1. The van der Waals surface area contributed by atoms with Crippen LogP contribution in [0.4, 0.5) is 0 Å². The standard InChI is InChI=1S/C13H22N2O2/c1-9-7-15-11(10(2)12(9)17-5)6-13(3,14)8-16-4/h7H,6,8,14H2,1-5H3. The molecule has 0 aromatic carbocycles. The van der Waals surface area contributed by atoms with Gasteiger partial charge in [-0.2, -0.15) is 0 Å². The maximum atomic E-state index is 6.15. The van der Waals surface area contributed by atoms with Crippen LogP contribution in [0.1, 0.15) is 23.7 Å². The molecule has 1 aromatic rings. The second kappa shape index (κ2) is 5.47. The maximum Gasteiger partial charge on any atom is 0.128 e. The quantitative estimate of drug-likeness (QED) is 0.846. The average Bonchev–Trinajstić information content (AvgIpc) is 2.23. The van der Waals surface area contributed by atoms with Gasteiger partial charge in [0.25, 0.3) is 0 Å². The van der Waals surface area contributed by atoms with E-state index < -0.39 is 5.54 Å². The van der Waals surface area contributed by atoms with Crippen molar-refractivity contribution in [3.8, 4) is 5.75 Å². The molecule has 0 aliphatic carbocycles. The molecule has 0 bridgehead atoms. The molecule has 1 aromatic heterocycles. The molecule has 0 aliphatic rings. The van der Waals surface area contributed by atoms with E-state index in [2.05, 4.69) is 4.98 Å². The molecule has 1 unspecified atom stereocenters. The fourth-order valence-corrected chi connectivity index (χ4v) is 2.01. The van der Waals surface area contributed by atoms with E-state index in [4.69, 9.17) is 15.2 Å². The summed E-state index contributed by atoms with van der Waals surface area (Å²) in [5.41, 5.74) is 8.81. The van der Waals surface area contributed by atoms with Crippen molar-refractivity contribution in [2.75, 3.05) is 20.8 Å². The molecule has 96 valence electrons. The number of hydrogen-bond acceptors (Lipinski definition) is 4. The van der Waals surface area contributed by atoms with E-state index in [1.807, 2.05) is 27.0 Å². The Hall–Kier alpha value is -1.13. The number of methoxy groups -OCH3 is 2. The highest BCUT2D eigenvalue weighted by atomic mass is 16.5. The van der Waals surface area contributed by atoms with Gasteiger partial charge in [-0.25, -0.2) is 0 Å². The van der Waals surface area contributed by atoms with Gasteiger partial charge >= 0.3 is 0 Å². The van der Waals surface area contributed by atoms with Crippen LogP contribution >= 0.6 is 0 Å². The fourth-order valence-electron chi connectivity index (χ4n) is 2.01. The summed E-state index contributed by atoms with van der Waals surface area (Å²) in [5.74, 6) is 0.892. The molecule has 17 heavy (non-hydrogen) atoms. The molecule has 0 saturated heterocycles. The van der Waals surface area contributed by atoms with Crippen molar-refractivity contribution in [1.29, 1.82) is 0 Å². The molecule has 0 fully saturated rings. The van der Waals surface area contributed by atoms with Crippen LogP contribution in [0, 0.1) is 13.8 Å². The zero-order valence-corrected chi connectivity index (χ0v) is 11.3. The van der Waals surface area contributed by atoms with E-state index in [-0.39, 0.29) is 0 Å². The lowest BCUT2D eigenvalue weighted by Gasteiger charge is -2.24. The van der Waals surface area contributed by atoms with Gasteiger partial charge in [0.2, 0.25) is 0 Å². The normalized spacial score (nSPS) is 14.5. The van der Waals surface area contributed by atoms with E-state index in [0.29, 0.717) is 13.0 Å². The van der Waals surface area contributed by atoms with Gasteiger partial charge in [-0.05, 0) is 20.8 Å². The minimum atomic E-state index is -0.410. The third kappa shape index (κ3) is 3.41. The predicted octanol–water partition coefficient (Wildman–Crippen LogP) is 1.61. The molecule has 4 heteroatoms. The molecule has 2 N–H and O–H groups in total. The summed E-state index contributed by atoms with van der Waals surface area (Å²) in [7, 11) is 3.33. The molecule has 0 radical (unpaired) electrons. The van der Waals surface area contributed by atoms with Crippen LogP contribution in [0.5, 0.6) is 5.75 Å². The number of hydrogen-bond donors (Lipinski definition) is 1. The third-order valence-electron chi connectivity index (χ3n) is 2.80. The Bertz CT molecular complexity index is 389. The zero-order valence-electron chi connectivity index (χ0n) is 11.3. The van der Waals surface area contributed by atoms with E-state index in [1.165, 1.54) is 0 Å². The average molecular weight is 238 g/mol. The summed E-state index contributed by atoms with van der Waals surface area (Å²) in [6.07, 6.45) is 2.49. The minimum absolute atomic E-state index is 0.410. The fraction of sp³-hybridized carbons (Fsp3) is 0.615. The predicted molar refractivity (Wildman–Crippen MR) is 68.4 cm³/mol. The van der Waals surface area contributed by atoms with Crippen molar-refractivity contribution >= 4 is 0 Å². The maximum absolute atomic E-state index is 6.15. The minimum Gasteiger partial charge on any atom is -0.496 e. The van der Waals surface area contributed by atoms with Crippen molar-refractivity contribution in [3.63, 3.8) is 0 Å². The number of ether oxygens (including phenoxy) is 2. The first-order valence-electron chi connectivity index (χ1n) is 5.68. The molecule has 0 aliphatic heterocycles. The molecular weight excluding hydrogens is 216 g/mol. The van der Waals surface area contributed by atoms with Gasteiger partial charge in [-0.1, -0.05) is 0 Å². The van der Waals surface area contributed by atoms with E-state index in [0.717, 1.165) is 22.6 Å². The Morgan fingerprint density at radius 2 is 2.00 bits per heavy atom. The topological polar surface area (TPSA) is 57.4 Å². The van der Waals surface area contributed by atoms with Gasteiger partial charge in [-0.3, -0.25) is 4.98 Å². The SMILES string of the molecule is COCC(C)(N)Cc1ncc(C)c(OC)c1C. The molecular formula is C13H22N2O2. The van der Waals surface area contributed by atoms with E-state index in [1.54, 1.807) is 14.2 Å². The molecule has 1 heterocycles. The van der Waals surface area contributed by atoms with Crippen LogP contribution in [0.15, 0.2) is 6.20 Å². The second-order valence-electron chi connectivity index (χ2n) is 4.81. The summed E-state index contributed by atoms with van der Waals surface area (Å²) in [4.78, 5) is 4.44. The Morgan fingerprint density at radius 1 is 1.35 bits per heavy atom. The van der Waals surface area contributed by atoms with Crippen molar-refractivity contribution in [1.82, 2.24) is 4.98 Å². The van der Waals surface area contributed by atoms with Crippen LogP contribution in [0.2, 0.25) is 0 Å². The van der Waals surface area contributed by atoms with E-state index in [9.17, 15) is 0 Å². The summed E-state index contributed by atoms with van der Waals surface area (Å²) >= 11 is 0. The van der Waals surface area contributed by atoms with Gasteiger partial charge in [0.1, 0.15) is 5.75 Å². The first-order valence-corrected chi connectivity index (χ1v) is 5.68. The van der Waals surface area contributed by atoms with Gasteiger partial charge in [0.05, 0.1) is 13.7 Å². The van der Waals surface area contributed by atoms with Crippen molar-refractivity contribution < 1.29 is 9.47 Å². The van der Waals surface area contributed by atoms with Crippen LogP contribution in [-0.2, 0) is 11.2 Å². The Balaban J connectivity index is 3.00. The number of aryl methyl sites for hydroxylation is 1. The molecule has 1 rings (SSSR count). The number of nitrogens with zero attached hydrogens (tertiary/aromatic N) is 1. The largest absolute Gasteiger partial charge is 0.496 e. The number of nitrogens with two attached hydrogens (primary N) is 1. The lowest BCUT2D eigenvalue weighted by molar-refractivity contribution is 0.140. The third-order valence-corrected chi connectivity index (χ3v) is 2.80. The zero-order chi connectivity index (χ0) is 13.1. The summed E-state index contributed by atoms with van der Waals surface area (Å²) in [6, 6.07) is 0. The van der Waals surface area contributed by atoms with Crippen molar-refractivity contribution in [2.45, 2.75) is 32.7 Å². The van der Waals surface area contributed by atoms with Gasteiger partial charge in [0, 0.05) is 42.1 Å². The lowest BCUT2D eigenvalue weighted by Crippen LogP contribution is -2.43. The number of rotatable bonds is 5. The smallest absolute Gasteiger partial charge is 0.128 e. The second-order valence-corrected chi connectivity index (χ2v) is 4.81. The first kappa shape index (κ1) is 13.9. The highest BCUT2D eigenvalue weighted by Crippen LogP contribution is 2.25. The van der Waals surface area contributed by atoms with E-state index >= 15 is 0 Å². The Labute approximate surface area is 103 Å². The van der Waals surface area contributed by atoms with Crippen molar-refractivity contribution in [2.24, 2.45) is 5.73 Å². The molecule has 4 nitrogen and oxygen atoms in total. The highest BCUT2D eigenvalue weighted by Gasteiger charge is 2.22.